The van der Waals surface area contributed by atoms with Gasteiger partial charge in [-0.05, 0) is 71.3 Å². The van der Waals surface area contributed by atoms with Crippen LogP contribution in [0.15, 0.2) is 97.2 Å². The van der Waals surface area contributed by atoms with Gasteiger partial charge in [-0.25, -0.2) is 9.18 Å². The highest BCUT2D eigenvalue weighted by Crippen LogP contribution is 2.35. The first kappa shape index (κ1) is 28.5. The maximum absolute atomic E-state index is 14.3. The van der Waals surface area contributed by atoms with E-state index in [2.05, 4.69) is 15.4 Å². The molecule has 220 valence electrons. The summed E-state index contributed by atoms with van der Waals surface area (Å²) >= 11 is 0. The number of para-hydroxylation sites is 1. The number of fused-ring (bicyclic) bond motifs is 2. The Balaban J connectivity index is 1.41. The fourth-order valence-electron chi connectivity index (χ4n) is 5.01. The van der Waals surface area contributed by atoms with Crippen LogP contribution in [0.4, 0.5) is 17.6 Å². The summed E-state index contributed by atoms with van der Waals surface area (Å²) in [7, 11) is 0. The zero-order chi connectivity index (χ0) is 31.0. The molecule has 7 nitrogen and oxygen atoms in total. The number of pyridine rings is 1. The van der Waals surface area contributed by atoms with Crippen LogP contribution >= 0.6 is 0 Å². The van der Waals surface area contributed by atoms with Crippen molar-refractivity contribution < 1.29 is 32.3 Å². The minimum atomic E-state index is -4.77. The van der Waals surface area contributed by atoms with Crippen molar-refractivity contribution in [1.29, 1.82) is 0 Å². The first-order chi connectivity index (χ1) is 21.0. The maximum Gasteiger partial charge on any atom is 0.416 e. The largest absolute Gasteiger partial charge is 0.478 e. The molecule has 0 atom stereocenters. The van der Waals surface area contributed by atoms with Gasteiger partial charge >= 0.3 is 12.1 Å². The van der Waals surface area contributed by atoms with Gasteiger partial charge in [0.05, 0.1) is 46.2 Å². The number of alkyl halides is 3. The number of carboxylic acid groups (broad SMARTS) is 1. The molecule has 0 radical (unpaired) electrons. The summed E-state index contributed by atoms with van der Waals surface area (Å²) in [6, 6.07) is 22.5. The monoisotopic (exact) mass is 598 g/mol. The molecule has 2 aromatic heterocycles. The zero-order valence-corrected chi connectivity index (χ0v) is 22.8. The van der Waals surface area contributed by atoms with Crippen LogP contribution < -0.4 is 5.32 Å². The van der Waals surface area contributed by atoms with Gasteiger partial charge in [-0.15, -0.1) is 0 Å². The number of halogens is 4. The Morgan fingerprint density at radius 1 is 0.864 bits per heavy atom. The van der Waals surface area contributed by atoms with Crippen molar-refractivity contribution in [2.75, 3.05) is 0 Å². The molecular formula is C33H22F4N4O3. The molecule has 0 fully saturated rings. The first-order valence-corrected chi connectivity index (χ1v) is 13.4. The molecule has 2 N–H and O–H groups in total. The normalized spacial score (nSPS) is 11.6. The van der Waals surface area contributed by atoms with Crippen LogP contribution in [0.25, 0.3) is 32.9 Å². The van der Waals surface area contributed by atoms with Crippen LogP contribution in [-0.4, -0.2) is 31.7 Å². The van der Waals surface area contributed by atoms with Crippen molar-refractivity contribution in [3.63, 3.8) is 0 Å². The van der Waals surface area contributed by atoms with E-state index in [0.29, 0.717) is 28.2 Å². The highest BCUT2D eigenvalue weighted by molar-refractivity contribution is 6.07. The number of carbonyl (C=O) groups is 2. The number of aromatic nitrogens is 3. The lowest BCUT2D eigenvalue weighted by Gasteiger charge is -2.13. The van der Waals surface area contributed by atoms with Gasteiger partial charge in [0, 0.05) is 17.3 Å². The number of carbonyl (C=O) groups excluding carboxylic acids is 1. The minimum absolute atomic E-state index is 0.0447. The van der Waals surface area contributed by atoms with E-state index < -0.39 is 29.4 Å². The SMILES string of the molecule is O=C(O)c1ccc(CNC(=O)c2cc(-c3cc(F)cc(C(F)(F)F)c3)cc3cnn(Cc4ccc5ccccc5n4)c23)cc1. The molecule has 6 rings (SSSR count). The molecule has 0 bridgehead atoms. The van der Waals surface area contributed by atoms with Crippen molar-refractivity contribution in [2.45, 2.75) is 19.3 Å². The van der Waals surface area contributed by atoms with Gasteiger partial charge in [-0.1, -0.05) is 36.4 Å². The number of benzene rings is 4. The van der Waals surface area contributed by atoms with Crippen LogP contribution in [0, 0.1) is 5.82 Å². The molecule has 11 heteroatoms. The second kappa shape index (κ2) is 11.3. The van der Waals surface area contributed by atoms with Crippen LogP contribution in [-0.2, 0) is 19.3 Å². The van der Waals surface area contributed by atoms with E-state index in [1.807, 2.05) is 36.4 Å². The highest BCUT2D eigenvalue weighted by Gasteiger charge is 2.31. The number of hydrogen-bond acceptors (Lipinski definition) is 4. The fraction of sp³-hybridized carbons (Fsp3) is 0.0909. The van der Waals surface area contributed by atoms with Crippen LogP contribution in [0.5, 0.6) is 0 Å². The minimum Gasteiger partial charge on any atom is -0.478 e. The Morgan fingerprint density at radius 2 is 1.61 bits per heavy atom. The van der Waals surface area contributed by atoms with E-state index in [0.717, 1.165) is 23.0 Å². The predicted molar refractivity (Wildman–Crippen MR) is 156 cm³/mol. The van der Waals surface area contributed by atoms with Crippen LogP contribution in [0.1, 0.15) is 37.5 Å². The summed E-state index contributed by atoms with van der Waals surface area (Å²) in [6.07, 6.45) is -3.28. The van der Waals surface area contributed by atoms with E-state index in [1.165, 1.54) is 24.4 Å². The second-order valence-electron chi connectivity index (χ2n) is 10.2. The van der Waals surface area contributed by atoms with Crippen LogP contribution in [0.2, 0.25) is 0 Å². The Labute approximate surface area is 247 Å². The molecule has 4 aromatic carbocycles. The maximum atomic E-state index is 14.3. The smallest absolute Gasteiger partial charge is 0.416 e. The van der Waals surface area contributed by atoms with Crippen molar-refractivity contribution in [3.8, 4) is 11.1 Å². The lowest BCUT2D eigenvalue weighted by atomic mass is 9.98. The third kappa shape index (κ3) is 5.84. The quantitative estimate of drug-likeness (QED) is 0.191. The van der Waals surface area contributed by atoms with Gasteiger partial charge in [-0.2, -0.15) is 18.3 Å². The third-order valence-corrected chi connectivity index (χ3v) is 7.16. The number of amides is 1. The number of hydrogen-bond donors (Lipinski definition) is 2. The lowest BCUT2D eigenvalue weighted by molar-refractivity contribution is -0.137. The van der Waals surface area contributed by atoms with E-state index in [1.54, 1.807) is 22.9 Å². The number of rotatable bonds is 7. The number of nitrogens with zero attached hydrogens (tertiary/aromatic N) is 3. The molecule has 1 amide bonds. The molecule has 0 spiro atoms. The van der Waals surface area contributed by atoms with Gasteiger partial charge in [0.2, 0.25) is 0 Å². The summed E-state index contributed by atoms with van der Waals surface area (Å²) in [5.74, 6) is -2.70. The number of aromatic carboxylic acids is 1. The molecule has 2 heterocycles. The van der Waals surface area contributed by atoms with Crippen molar-refractivity contribution in [1.82, 2.24) is 20.1 Å². The second-order valence-corrected chi connectivity index (χ2v) is 10.2. The Hall–Kier alpha value is -5.58. The van der Waals surface area contributed by atoms with E-state index in [4.69, 9.17) is 5.11 Å². The molecule has 0 aliphatic rings. The Kier molecular flexibility index (Phi) is 7.30. The van der Waals surface area contributed by atoms with Gasteiger partial charge < -0.3 is 10.4 Å². The Morgan fingerprint density at radius 3 is 2.36 bits per heavy atom. The summed E-state index contributed by atoms with van der Waals surface area (Å²) < 4.78 is 56.3. The molecule has 6 aromatic rings. The van der Waals surface area contributed by atoms with Gasteiger partial charge in [0.25, 0.3) is 5.91 Å². The van der Waals surface area contributed by atoms with E-state index in [9.17, 15) is 27.2 Å². The number of carboxylic acids is 1. The lowest BCUT2D eigenvalue weighted by Crippen LogP contribution is -2.24. The molecule has 0 aliphatic heterocycles. The number of nitrogens with one attached hydrogen (secondary N) is 1. The highest BCUT2D eigenvalue weighted by atomic mass is 19.4. The first-order valence-electron chi connectivity index (χ1n) is 13.4. The third-order valence-electron chi connectivity index (χ3n) is 7.16. The molecule has 0 saturated heterocycles. The van der Waals surface area contributed by atoms with Crippen molar-refractivity contribution in [2.24, 2.45) is 0 Å². The van der Waals surface area contributed by atoms with Gasteiger partial charge in [-0.3, -0.25) is 14.5 Å². The Bertz CT molecular complexity index is 2050. The van der Waals surface area contributed by atoms with E-state index >= 15 is 0 Å². The van der Waals surface area contributed by atoms with Crippen LogP contribution in [0.3, 0.4) is 0 Å². The van der Waals surface area contributed by atoms with Crippen molar-refractivity contribution in [3.05, 3.63) is 131 Å². The molecule has 0 saturated carbocycles. The van der Waals surface area contributed by atoms with E-state index in [-0.39, 0.29) is 35.3 Å². The molecular weight excluding hydrogens is 576 g/mol. The average Bonchev–Trinajstić information content (AvgIpc) is 3.41. The topological polar surface area (TPSA) is 97.1 Å². The average molecular weight is 599 g/mol. The molecule has 44 heavy (non-hydrogen) atoms. The molecule has 0 aliphatic carbocycles. The predicted octanol–water partition coefficient (Wildman–Crippen LogP) is 7.09. The molecule has 0 unspecified atom stereocenters. The summed E-state index contributed by atoms with van der Waals surface area (Å²) in [5.41, 5.74) is 1.68. The summed E-state index contributed by atoms with van der Waals surface area (Å²) in [5, 5.41) is 17.8. The van der Waals surface area contributed by atoms with Gasteiger partial charge in [0.15, 0.2) is 0 Å². The standard InChI is InChI=1S/C33H22F4N4O3/c34-26-13-23(12-25(15-26)33(35,36)37)22-11-24-17-39-41(18-27-10-9-20-3-1-2-4-29(20)40-27)30(24)28(14-22)31(42)38-16-19-5-7-21(8-6-19)32(43)44/h1-15,17H,16,18H2,(H,38,42)(H,43,44). The summed E-state index contributed by atoms with van der Waals surface area (Å²) in [6.45, 7) is 0.242. The summed E-state index contributed by atoms with van der Waals surface area (Å²) in [4.78, 5) is 29.5. The van der Waals surface area contributed by atoms with Crippen molar-refractivity contribution >= 4 is 33.7 Å². The zero-order valence-electron chi connectivity index (χ0n) is 22.8. The fourth-order valence-corrected chi connectivity index (χ4v) is 5.01. The van der Waals surface area contributed by atoms with Gasteiger partial charge in [0.1, 0.15) is 5.82 Å².